The Labute approximate surface area is 168 Å². The number of nitrogens with zero attached hydrogens (tertiary/aromatic N) is 1. The summed E-state index contributed by atoms with van der Waals surface area (Å²) in [6, 6.07) is 14.0. The van der Waals surface area contributed by atoms with Crippen LogP contribution in [0.3, 0.4) is 0 Å². The van der Waals surface area contributed by atoms with E-state index in [0.717, 1.165) is 4.90 Å². The Morgan fingerprint density at radius 1 is 1.11 bits per heavy atom. The highest BCUT2D eigenvalue weighted by atomic mass is 32.2. The van der Waals surface area contributed by atoms with Crippen LogP contribution in [0.2, 0.25) is 0 Å². The van der Waals surface area contributed by atoms with E-state index >= 15 is 0 Å². The first-order valence-corrected chi connectivity index (χ1v) is 10.1. The minimum Gasteiger partial charge on any atom is -0.449 e. The number of fused-ring (bicyclic) bond motifs is 1. The maximum atomic E-state index is 13.2. The standard InChI is InChI=1S/C21H22N2O4S/c1-13(27-19(25)14-9-11-15(28-4)12-10-14)18(24)23-17-8-6-5-7-16(17)22-20(26)21(23,2)3/h5-13H,1-4H3,(H,22,26)/t13-/m1/s1. The highest BCUT2D eigenvalue weighted by Crippen LogP contribution is 2.37. The molecule has 0 aliphatic carbocycles. The molecule has 7 heteroatoms. The lowest BCUT2D eigenvalue weighted by Crippen LogP contribution is -2.60. The molecule has 0 spiro atoms. The van der Waals surface area contributed by atoms with Gasteiger partial charge in [-0.2, -0.15) is 0 Å². The number of anilines is 2. The number of hydrogen-bond acceptors (Lipinski definition) is 5. The Morgan fingerprint density at radius 3 is 2.39 bits per heavy atom. The molecule has 1 heterocycles. The van der Waals surface area contributed by atoms with Crippen molar-refractivity contribution in [3.05, 3.63) is 54.1 Å². The first-order chi connectivity index (χ1) is 13.3. The van der Waals surface area contributed by atoms with E-state index in [2.05, 4.69) is 5.32 Å². The molecule has 2 amide bonds. The van der Waals surface area contributed by atoms with Gasteiger partial charge in [-0.15, -0.1) is 11.8 Å². The molecule has 1 N–H and O–H groups in total. The molecule has 2 aromatic rings. The number of carbonyl (C=O) groups excluding carboxylic acids is 3. The van der Waals surface area contributed by atoms with Crippen molar-refractivity contribution >= 4 is 40.9 Å². The fraction of sp³-hybridized carbons (Fsp3) is 0.286. The van der Waals surface area contributed by atoms with Gasteiger partial charge in [0.15, 0.2) is 6.10 Å². The molecular weight excluding hydrogens is 376 g/mol. The first-order valence-electron chi connectivity index (χ1n) is 8.85. The summed E-state index contributed by atoms with van der Waals surface area (Å²) in [5, 5.41) is 2.81. The topological polar surface area (TPSA) is 75.7 Å². The molecule has 0 unspecified atom stereocenters. The molecular formula is C21H22N2O4S. The summed E-state index contributed by atoms with van der Waals surface area (Å²) in [5.74, 6) is -1.34. The van der Waals surface area contributed by atoms with E-state index < -0.39 is 23.5 Å². The average Bonchev–Trinajstić information content (AvgIpc) is 2.68. The van der Waals surface area contributed by atoms with Gasteiger partial charge in [0.1, 0.15) is 5.54 Å². The van der Waals surface area contributed by atoms with Crippen molar-refractivity contribution in [3.8, 4) is 0 Å². The third-order valence-electron chi connectivity index (χ3n) is 4.69. The highest BCUT2D eigenvalue weighted by molar-refractivity contribution is 7.98. The molecule has 0 bridgehead atoms. The number of para-hydroxylation sites is 2. The van der Waals surface area contributed by atoms with E-state index in [4.69, 9.17) is 4.74 Å². The van der Waals surface area contributed by atoms with Crippen LogP contribution in [0, 0.1) is 0 Å². The number of rotatable bonds is 4. The molecule has 0 fully saturated rings. The second-order valence-corrected chi connectivity index (χ2v) is 7.86. The van der Waals surface area contributed by atoms with E-state index in [1.165, 1.54) is 11.8 Å². The third kappa shape index (κ3) is 3.62. The van der Waals surface area contributed by atoms with Crippen LogP contribution in [0.15, 0.2) is 53.4 Å². The second kappa shape index (κ2) is 7.67. The molecule has 6 nitrogen and oxygen atoms in total. The van der Waals surface area contributed by atoms with Crippen molar-refractivity contribution in [2.45, 2.75) is 37.3 Å². The predicted molar refractivity (Wildman–Crippen MR) is 110 cm³/mol. The summed E-state index contributed by atoms with van der Waals surface area (Å²) in [5.41, 5.74) is 0.371. The quantitative estimate of drug-likeness (QED) is 0.628. The van der Waals surface area contributed by atoms with Gasteiger partial charge in [-0.1, -0.05) is 12.1 Å². The van der Waals surface area contributed by atoms with E-state index in [0.29, 0.717) is 16.9 Å². The van der Waals surface area contributed by atoms with Gasteiger partial charge in [0.2, 0.25) is 5.91 Å². The zero-order chi connectivity index (χ0) is 20.5. The molecule has 28 heavy (non-hydrogen) atoms. The van der Waals surface area contributed by atoms with Gasteiger partial charge in [-0.05, 0) is 63.4 Å². The van der Waals surface area contributed by atoms with E-state index in [9.17, 15) is 14.4 Å². The highest BCUT2D eigenvalue weighted by Gasteiger charge is 2.45. The summed E-state index contributed by atoms with van der Waals surface area (Å²) < 4.78 is 5.40. The average molecular weight is 398 g/mol. The van der Waals surface area contributed by atoms with Gasteiger partial charge in [0.05, 0.1) is 16.9 Å². The second-order valence-electron chi connectivity index (χ2n) is 6.98. The number of esters is 1. The lowest BCUT2D eigenvalue weighted by atomic mass is 9.95. The Kier molecular flexibility index (Phi) is 5.47. The molecule has 0 saturated carbocycles. The number of thioether (sulfide) groups is 1. The van der Waals surface area contributed by atoms with Gasteiger partial charge in [0.25, 0.3) is 5.91 Å². The van der Waals surface area contributed by atoms with Crippen molar-refractivity contribution in [2.24, 2.45) is 0 Å². The van der Waals surface area contributed by atoms with Gasteiger partial charge in [0, 0.05) is 4.90 Å². The molecule has 0 radical (unpaired) electrons. The van der Waals surface area contributed by atoms with Crippen LogP contribution in [0.25, 0.3) is 0 Å². The van der Waals surface area contributed by atoms with Crippen LogP contribution in [-0.2, 0) is 14.3 Å². The van der Waals surface area contributed by atoms with Crippen LogP contribution in [0.5, 0.6) is 0 Å². The molecule has 146 valence electrons. The number of carbonyl (C=O) groups is 3. The van der Waals surface area contributed by atoms with Crippen LogP contribution >= 0.6 is 11.8 Å². The van der Waals surface area contributed by atoms with Crippen molar-refractivity contribution in [1.82, 2.24) is 0 Å². The molecule has 2 aromatic carbocycles. The maximum Gasteiger partial charge on any atom is 0.338 e. The van der Waals surface area contributed by atoms with Crippen molar-refractivity contribution in [2.75, 3.05) is 16.5 Å². The summed E-state index contributed by atoms with van der Waals surface area (Å²) in [6.45, 7) is 4.83. The zero-order valence-electron chi connectivity index (χ0n) is 16.2. The van der Waals surface area contributed by atoms with Crippen LogP contribution in [-0.4, -0.2) is 35.7 Å². The summed E-state index contributed by atoms with van der Waals surface area (Å²) in [7, 11) is 0. The van der Waals surface area contributed by atoms with Gasteiger partial charge >= 0.3 is 5.97 Å². The molecule has 3 rings (SSSR count). The molecule has 0 aromatic heterocycles. The normalized spacial score (nSPS) is 16.0. The number of nitrogens with one attached hydrogen (secondary N) is 1. The summed E-state index contributed by atoms with van der Waals surface area (Å²) in [4.78, 5) is 40.5. The molecule has 1 atom stereocenters. The number of ether oxygens (including phenoxy) is 1. The lowest BCUT2D eigenvalue weighted by Gasteiger charge is -2.42. The van der Waals surface area contributed by atoms with Crippen molar-refractivity contribution in [1.29, 1.82) is 0 Å². The number of amides is 2. The molecule has 0 saturated heterocycles. The number of hydrogen-bond donors (Lipinski definition) is 1. The van der Waals surface area contributed by atoms with Crippen LogP contribution in [0.1, 0.15) is 31.1 Å². The fourth-order valence-electron chi connectivity index (χ4n) is 3.03. The largest absolute Gasteiger partial charge is 0.449 e. The SMILES string of the molecule is CSc1ccc(C(=O)O[C@H](C)C(=O)N2c3ccccc3NC(=O)C2(C)C)cc1. The molecule has 1 aliphatic heterocycles. The van der Waals surface area contributed by atoms with Crippen LogP contribution < -0.4 is 10.2 Å². The van der Waals surface area contributed by atoms with Gasteiger partial charge < -0.3 is 10.1 Å². The number of benzene rings is 2. The fourth-order valence-corrected chi connectivity index (χ4v) is 3.44. The Hall–Kier alpha value is -2.80. The van der Waals surface area contributed by atoms with Gasteiger partial charge in [-0.3, -0.25) is 14.5 Å². The molecule has 1 aliphatic rings. The predicted octanol–water partition coefficient (Wildman–Crippen LogP) is 3.72. The zero-order valence-corrected chi connectivity index (χ0v) is 17.0. The van der Waals surface area contributed by atoms with E-state index in [1.807, 2.05) is 18.4 Å². The summed E-state index contributed by atoms with van der Waals surface area (Å²) >= 11 is 1.57. The monoisotopic (exact) mass is 398 g/mol. The van der Waals surface area contributed by atoms with E-state index in [-0.39, 0.29) is 5.91 Å². The third-order valence-corrected chi connectivity index (χ3v) is 5.43. The summed E-state index contributed by atoms with van der Waals surface area (Å²) in [6.07, 6.45) is 0.897. The Morgan fingerprint density at radius 2 is 1.75 bits per heavy atom. The smallest absolute Gasteiger partial charge is 0.338 e. The Balaban J connectivity index is 1.83. The lowest BCUT2D eigenvalue weighted by molar-refractivity contribution is -0.131. The first kappa shape index (κ1) is 19.9. The van der Waals surface area contributed by atoms with Crippen molar-refractivity contribution in [3.63, 3.8) is 0 Å². The minimum atomic E-state index is -1.12. The Bertz CT molecular complexity index is 924. The maximum absolute atomic E-state index is 13.2. The van der Waals surface area contributed by atoms with Gasteiger partial charge in [-0.25, -0.2) is 4.79 Å². The minimum absolute atomic E-state index is 0.300. The van der Waals surface area contributed by atoms with Crippen molar-refractivity contribution < 1.29 is 19.1 Å². The van der Waals surface area contributed by atoms with Crippen LogP contribution in [0.4, 0.5) is 11.4 Å². The van der Waals surface area contributed by atoms with E-state index in [1.54, 1.807) is 62.0 Å².